The first-order chi connectivity index (χ1) is 15.5. The molecule has 5 rings (SSSR count). The van der Waals surface area contributed by atoms with Crippen LogP contribution in [0.1, 0.15) is 78.7 Å². The second-order valence-corrected chi connectivity index (χ2v) is 12.7. The quantitative estimate of drug-likeness (QED) is 0.598. The fourth-order valence-corrected chi connectivity index (χ4v) is 7.87. The van der Waals surface area contributed by atoms with Crippen LogP contribution in [0.2, 0.25) is 0 Å². The Bertz CT molecular complexity index is 1010. The molecule has 1 aromatic carbocycles. The summed E-state index contributed by atoms with van der Waals surface area (Å²) in [7, 11) is 0. The van der Waals surface area contributed by atoms with E-state index in [2.05, 4.69) is 63.5 Å². The van der Waals surface area contributed by atoms with Gasteiger partial charge in [0.25, 0.3) is 0 Å². The molecule has 6 atom stereocenters. The van der Waals surface area contributed by atoms with E-state index in [9.17, 15) is 9.59 Å². The highest BCUT2D eigenvalue weighted by Gasteiger charge is 2.60. The van der Waals surface area contributed by atoms with Crippen LogP contribution in [0.15, 0.2) is 36.0 Å². The first kappa shape index (κ1) is 22.7. The molecule has 1 heterocycles. The molecule has 0 bridgehead atoms. The molecule has 2 saturated carbocycles. The van der Waals surface area contributed by atoms with Gasteiger partial charge in [-0.25, -0.2) is 0 Å². The van der Waals surface area contributed by atoms with Crippen LogP contribution in [-0.2, 0) is 15.0 Å². The lowest BCUT2D eigenvalue weighted by Crippen LogP contribution is -2.57. The van der Waals surface area contributed by atoms with Crippen LogP contribution >= 0.6 is 0 Å². The van der Waals surface area contributed by atoms with Gasteiger partial charge in [-0.05, 0) is 78.4 Å². The fourth-order valence-electron chi connectivity index (χ4n) is 7.87. The molecule has 0 aromatic heterocycles. The average Bonchev–Trinajstić information content (AvgIpc) is 3.11. The van der Waals surface area contributed by atoms with Gasteiger partial charge in [-0.3, -0.25) is 9.59 Å². The molecular weight excluding hydrogens is 408 g/mol. The summed E-state index contributed by atoms with van der Waals surface area (Å²) in [6.07, 6.45) is 7.89. The van der Waals surface area contributed by atoms with E-state index in [-0.39, 0.29) is 33.9 Å². The van der Waals surface area contributed by atoms with Crippen LogP contribution in [0, 0.1) is 34.5 Å². The lowest BCUT2D eigenvalue weighted by Gasteiger charge is -2.58. The molecule has 1 aliphatic heterocycles. The molecule has 1 saturated heterocycles. The summed E-state index contributed by atoms with van der Waals surface area (Å²) in [4.78, 5) is 25.6. The molecule has 1 amide bonds. The Balaban J connectivity index is 1.35. The number of nitrogens with one attached hydrogen (secondary N) is 2. The predicted octanol–water partition coefficient (Wildman–Crippen LogP) is 5.84. The van der Waals surface area contributed by atoms with Crippen molar-refractivity contribution in [2.45, 2.75) is 78.6 Å². The summed E-state index contributed by atoms with van der Waals surface area (Å²) in [6.45, 7) is 12.3. The smallest absolute Gasteiger partial charge is 0.228 e. The number of ketones is 1. The highest BCUT2D eigenvalue weighted by Crippen LogP contribution is 2.64. The summed E-state index contributed by atoms with van der Waals surface area (Å²) < 4.78 is 0. The first-order valence-corrected chi connectivity index (χ1v) is 12.9. The summed E-state index contributed by atoms with van der Waals surface area (Å²) in [5.74, 6) is 2.30. The van der Waals surface area contributed by atoms with E-state index in [1.165, 1.54) is 11.3 Å². The molecule has 4 heteroatoms. The summed E-state index contributed by atoms with van der Waals surface area (Å²) >= 11 is 0. The zero-order chi connectivity index (χ0) is 23.6. The van der Waals surface area contributed by atoms with Crippen molar-refractivity contribution in [2.24, 2.45) is 34.5 Å². The van der Waals surface area contributed by atoms with Crippen molar-refractivity contribution >= 4 is 17.4 Å². The zero-order valence-electron chi connectivity index (χ0n) is 21.0. The standard InChI is InChI=1S/C29H40N2O2/c1-27(2,3)18-7-6-8-19(15-18)31-26(33)24-10-9-22-21-17-30-25-16-20(32)11-13-29(25,5)23(21)12-14-28(22,24)4/h6-8,15-16,21-24,30H,9-14,17H2,1-5H3,(H,31,33)/t21?,22?,23?,24?,28-,29+/m0/s1. The van der Waals surface area contributed by atoms with Crippen LogP contribution in [-0.4, -0.2) is 18.2 Å². The van der Waals surface area contributed by atoms with Crippen LogP contribution in [0.3, 0.4) is 0 Å². The Hall–Kier alpha value is -2.10. The van der Waals surface area contributed by atoms with Gasteiger partial charge in [0.2, 0.25) is 5.91 Å². The van der Waals surface area contributed by atoms with E-state index in [1.807, 2.05) is 12.1 Å². The molecule has 1 aromatic rings. The predicted molar refractivity (Wildman–Crippen MR) is 133 cm³/mol. The van der Waals surface area contributed by atoms with E-state index in [0.717, 1.165) is 44.3 Å². The molecule has 4 aliphatic rings. The summed E-state index contributed by atoms with van der Waals surface area (Å²) in [6, 6.07) is 8.34. The van der Waals surface area contributed by atoms with Gasteiger partial charge in [0, 0.05) is 41.8 Å². The average molecular weight is 449 g/mol. The lowest BCUT2D eigenvalue weighted by molar-refractivity contribution is -0.127. The largest absolute Gasteiger partial charge is 0.387 e. The van der Waals surface area contributed by atoms with E-state index in [0.29, 0.717) is 24.2 Å². The minimum Gasteiger partial charge on any atom is -0.387 e. The monoisotopic (exact) mass is 448 g/mol. The molecule has 4 nitrogen and oxygen atoms in total. The minimum atomic E-state index is 0.0522. The molecule has 178 valence electrons. The number of hydrogen-bond acceptors (Lipinski definition) is 3. The van der Waals surface area contributed by atoms with Gasteiger partial charge >= 0.3 is 0 Å². The third kappa shape index (κ3) is 3.65. The number of benzene rings is 1. The molecule has 4 unspecified atom stereocenters. The van der Waals surface area contributed by atoms with Crippen LogP contribution in [0.4, 0.5) is 5.69 Å². The lowest BCUT2D eigenvalue weighted by atomic mass is 9.50. The minimum absolute atomic E-state index is 0.0522. The van der Waals surface area contributed by atoms with Crippen molar-refractivity contribution in [1.82, 2.24) is 5.32 Å². The Kier molecular flexibility index (Phi) is 5.30. The molecule has 0 spiro atoms. The van der Waals surface area contributed by atoms with Crippen LogP contribution in [0.5, 0.6) is 0 Å². The maximum atomic E-state index is 13.5. The fraction of sp³-hybridized carbons (Fsp3) is 0.655. The number of hydrogen-bond donors (Lipinski definition) is 2. The van der Waals surface area contributed by atoms with Crippen molar-refractivity contribution in [3.63, 3.8) is 0 Å². The first-order valence-electron chi connectivity index (χ1n) is 12.9. The van der Waals surface area contributed by atoms with Gasteiger partial charge in [0.05, 0.1) is 0 Å². The van der Waals surface area contributed by atoms with E-state index < -0.39 is 0 Å². The van der Waals surface area contributed by atoms with Gasteiger partial charge in [-0.1, -0.05) is 46.8 Å². The highest BCUT2D eigenvalue weighted by atomic mass is 16.2. The highest BCUT2D eigenvalue weighted by molar-refractivity contribution is 5.93. The number of carbonyl (C=O) groups is 2. The normalized spacial score (nSPS) is 37.8. The van der Waals surface area contributed by atoms with Crippen LogP contribution in [0.25, 0.3) is 0 Å². The van der Waals surface area contributed by atoms with Crippen molar-refractivity contribution in [3.8, 4) is 0 Å². The van der Waals surface area contributed by atoms with Gasteiger partial charge in [0.15, 0.2) is 5.78 Å². The number of carbonyl (C=O) groups excluding carboxylic acids is 2. The van der Waals surface area contributed by atoms with Gasteiger partial charge < -0.3 is 10.6 Å². The molecule has 3 aliphatic carbocycles. The van der Waals surface area contributed by atoms with Crippen molar-refractivity contribution < 1.29 is 9.59 Å². The SMILES string of the molecule is CC(C)(C)c1cccc(NC(=O)C2CCC3C4CNC5=CC(=O)CC[C@]5(C)C4CC[C@]23C)c1. The molecule has 3 fully saturated rings. The Morgan fingerprint density at radius 3 is 2.64 bits per heavy atom. The van der Waals surface area contributed by atoms with Gasteiger partial charge in [-0.2, -0.15) is 0 Å². The number of allylic oxidation sites excluding steroid dienone is 2. The van der Waals surface area contributed by atoms with Gasteiger partial charge in [0.1, 0.15) is 0 Å². The number of amides is 1. The maximum Gasteiger partial charge on any atom is 0.228 e. The van der Waals surface area contributed by atoms with Crippen molar-refractivity contribution in [1.29, 1.82) is 0 Å². The molecule has 2 N–H and O–H groups in total. The summed E-state index contributed by atoms with van der Waals surface area (Å²) in [5.41, 5.74) is 3.54. The third-order valence-electron chi connectivity index (χ3n) is 9.91. The number of anilines is 1. The Morgan fingerprint density at radius 2 is 1.88 bits per heavy atom. The second-order valence-electron chi connectivity index (χ2n) is 12.7. The summed E-state index contributed by atoms with van der Waals surface area (Å²) in [5, 5.41) is 6.95. The molecule has 0 radical (unpaired) electrons. The van der Waals surface area contributed by atoms with Crippen LogP contribution < -0.4 is 10.6 Å². The number of rotatable bonds is 2. The molecule has 33 heavy (non-hydrogen) atoms. The van der Waals surface area contributed by atoms with Crippen molar-refractivity contribution in [2.75, 3.05) is 11.9 Å². The molecular formula is C29H40N2O2. The number of piperidine rings is 1. The third-order valence-corrected chi connectivity index (χ3v) is 9.91. The Labute approximate surface area is 199 Å². The second kappa shape index (κ2) is 7.71. The van der Waals surface area contributed by atoms with Crippen molar-refractivity contribution in [3.05, 3.63) is 41.6 Å². The number of fused-ring (bicyclic) bond motifs is 5. The Morgan fingerprint density at radius 1 is 1.09 bits per heavy atom. The van der Waals surface area contributed by atoms with E-state index >= 15 is 0 Å². The van der Waals surface area contributed by atoms with E-state index in [1.54, 1.807) is 0 Å². The topological polar surface area (TPSA) is 58.2 Å². The zero-order valence-corrected chi connectivity index (χ0v) is 21.0. The van der Waals surface area contributed by atoms with Gasteiger partial charge in [-0.15, -0.1) is 0 Å². The maximum absolute atomic E-state index is 13.5. The van der Waals surface area contributed by atoms with E-state index in [4.69, 9.17) is 0 Å².